The summed E-state index contributed by atoms with van der Waals surface area (Å²) in [5, 5.41) is 0. The van der Waals surface area contributed by atoms with Crippen LogP contribution in [0.1, 0.15) is 5.56 Å². The van der Waals surface area contributed by atoms with Crippen LogP contribution in [0.25, 0.3) is 0 Å². The van der Waals surface area contributed by atoms with Crippen LogP contribution in [0.2, 0.25) is 0 Å². The average Bonchev–Trinajstić information content (AvgIpc) is 2.24. The van der Waals surface area contributed by atoms with Gasteiger partial charge in [-0.05, 0) is 6.92 Å². The number of halogens is 5. The molecule has 0 aliphatic carbocycles. The van der Waals surface area contributed by atoms with E-state index in [0.29, 0.717) is 0 Å². The largest absolute Gasteiger partial charge is 0.377 e. The lowest BCUT2D eigenvalue weighted by molar-refractivity contribution is 0.139. The van der Waals surface area contributed by atoms with Gasteiger partial charge in [-0.1, -0.05) is 0 Å². The Morgan fingerprint density at radius 1 is 0.800 bits per heavy atom. The summed E-state index contributed by atoms with van der Waals surface area (Å²) < 4.78 is 68.0. The number of ether oxygens (including phenoxy) is 1. The molecule has 0 saturated carbocycles. The van der Waals surface area contributed by atoms with Crippen molar-refractivity contribution in [3.05, 3.63) is 41.6 Å². The van der Waals surface area contributed by atoms with Crippen LogP contribution in [0.3, 0.4) is 0 Å². The van der Waals surface area contributed by atoms with E-state index in [4.69, 9.17) is 0 Å². The zero-order chi connectivity index (χ0) is 11.6. The average molecular weight is 225 g/mol. The van der Waals surface area contributed by atoms with Crippen molar-refractivity contribution >= 4 is 0 Å². The molecular formula is C9H6F5O. The van der Waals surface area contributed by atoms with Crippen LogP contribution in [-0.4, -0.2) is 6.61 Å². The van der Waals surface area contributed by atoms with Crippen LogP contribution in [0.15, 0.2) is 0 Å². The predicted molar refractivity (Wildman–Crippen MR) is 41.2 cm³/mol. The highest BCUT2D eigenvalue weighted by Gasteiger charge is 2.25. The van der Waals surface area contributed by atoms with Crippen molar-refractivity contribution in [3.63, 3.8) is 0 Å². The molecule has 0 aliphatic rings. The highest BCUT2D eigenvalue weighted by atomic mass is 19.2. The molecule has 0 N–H and O–H groups in total. The van der Waals surface area contributed by atoms with Gasteiger partial charge in [0.25, 0.3) is 0 Å². The molecule has 1 aromatic rings. The molecule has 6 heteroatoms. The first-order valence-corrected chi connectivity index (χ1v) is 3.88. The first-order valence-electron chi connectivity index (χ1n) is 3.88. The maximum absolute atomic E-state index is 12.9. The van der Waals surface area contributed by atoms with Crippen molar-refractivity contribution in [2.75, 3.05) is 6.61 Å². The fourth-order valence-corrected chi connectivity index (χ4v) is 0.951. The summed E-state index contributed by atoms with van der Waals surface area (Å²) in [5.41, 5.74) is -0.991. The van der Waals surface area contributed by atoms with E-state index in [0.717, 1.165) is 0 Å². The summed E-state index contributed by atoms with van der Waals surface area (Å²) in [6.45, 7) is 2.34. The molecule has 0 unspecified atom stereocenters. The van der Waals surface area contributed by atoms with Gasteiger partial charge in [0.05, 0.1) is 12.2 Å². The van der Waals surface area contributed by atoms with Gasteiger partial charge in [-0.25, -0.2) is 22.0 Å². The maximum Gasteiger partial charge on any atom is 0.200 e. The molecule has 0 aromatic heterocycles. The number of hydrogen-bond donors (Lipinski definition) is 0. The summed E-state index contributed by atoms with van der Waals surface area (Å²) in [7, 11) is 0. The third kappa shape index (κ3) is 2.09. The third-order valence-electron chi connectivity index (χ3n) is 1.69. The highest BCUT2D eigenvalue weighted by molar-refractivity contribution is 5.23. The minimum atomic E-state index is -2.18. The van der Waals surface area contributed by atoms with Gasteiger partial charge in [-0.2, -0.15) is 0 Å². The van der Waals surface area contributed by atoms with Crippen molar-refractivity contribution in [1.29, 1.82) is 0 Å². The molecule has 0 heterocycles. The molecule has 1 aromatic carbocycles. The zero-order valence-electron chi connectivity index (χ0n) is 7.42. The third-order valence-corrected chi connectivity index (χ3v) is 1.69. The van der Waals surface area contributed by atoms with Crippen molar-refractivity contribution < 1.29 is 26.7 Å². The second kappa shape index (κ2) is 4.57. The van der Waals surface area contributed by atoms with E-state index in [1.54, 1.807) is 0 Å². The van der Waals surface area contributed by atoms with Crippen LogP contribution < -0.4 is 0 Å². The van der Waals surface area contributed by atoms with Gasteiger partial charge in [0.1, 0.15) is 0 Å². The Balaban J connectivity index is 3.26. The van der Waals surface area contributed by atoms with Crippen molar-refractivity contribution in [2.45, 2.75) is 6.61 Å². The van der Waals surface area contributed by atoms with Gasteiger partial charge >= 0.3 is 0 Å². The van der Waals surface area contributed by atoms with E-state index in [-0.39, 0.29) is 6.61 Å². The lowest BCUT2D eigenvalue weighted by Gasteiger charge is -2.07. The van der Waals surface area contributed by atoms with E-state index in [1.807, 2.05) is 0 Å². The fraction of sp³-hybridized carbons (Fsp3) is 0.222. The molecule has 15 heavy (non-hydrogen) atoms. The van der Waals surface area contributed by atoms with Crippen LogP contribution in [0.5, 0.6) is 0 Å². The Bertz CT molecular complexity index is 348. The van der Waals surface area contributed by atoms with E-state index in [2.05, 4.69) is 11.7 Å². The van der Waals surface area contributed by atoms with Crippen LogP contribution in [-0.2, 0) is 11.3 Å². The Morgan fingerprint density at radius 2 is 1.20 bits per heavy atom. The Morgan fingerprint density at radius 3 is 1.60 bits per heavy atom. The minimum Gasteiger partial charge on any atom is -0.377 e. The molecule has 0 saturated heterocycles. The molecule has 0 atom stereocenters. The van der Waals surface area contributed by atoms with E-state index < -0.39 is 41.3 Å². The van der Waals surface area contributed by atoms with Crippen LogP contribution >= 0.6 is 0 Å². The summed E-state index contributed by atoms with van der Waals surface area (Å²) in [6, 6.07) is 0. The Kier molecular flexibility index (Phi) is 3.62. The first-order chi connectivity index (χ1) is 7.00. The summed E-state index contributed by atoms with van der Waals surface area (Å²) in [6.07, 6.45) is 0. The van der Waals surface area contributed by atoms with Gasteiger partial charge in [-0.15, -0.1) is 0 Å². The first kappa shape index (κ1) is 11.9. The Labute approximate surface area is 82.5 Å². The van der Waals surface area contributed by atoms with E-state index in [1.165, 1.54) is 0 Å². The molecule has 0 aliphatic heterocycles. The summed E-state index contributed by atoms with van der Waals surface area (Å²) in [4.78, 5) is 0. The zero-order valence-corrected chi connectivity index (χ0v) is 7.42. The van der Waals surface area contributed by atoms with Crippen LogP contribution in [0, 0.1) is 36.0 Å². The van der Waals surface area contributed by atoms with Crippen molar-refractivity contribution in [3.8, 4) is 0 Å². The second-order valence-corrected chi connectivity index (χ2v) is 2.60. The molecule has 0 bridgehead atoms. The molecule has 1 nitrogen and oxygen atoms in total. The Hall–Kier alpha value is -1.17. The standard InChI is InChI=1S/C9H6F5O/c1-2-15-3-4-5(10)7(12)9(14)8(13)6(4)11/h1-3H2. The second-order valence-electron chi connectivity index (χ2n) is 2.60. The van der Waals surface area contributed by atoms with E-state index in [9.17, 15) is 22.0 Å². The van der Waals surface area contributed by atoms with Crippen LogP contribution in [0.4, 0.5) is 22.0 Å². The van der Waals surface area contributed by atoms with Gasteiger partial charge in [-0.3, -0.25) is 0 Å². The maximum atomic E-state index is 12.9. The fourth-order valence-electron chi connectivity index (χ4n) is 0.951. The minimum absolute atomic E-state index is 0.139. The quantitative estimate of drug-likeness (QED) is 0.436. The van der Waals surface area contributed by atoms with Gasteiger partial charge in [0, 0.05) is 6.61 Å². The molecular weight excluding hydrogens is 219 g/mol. The van der Waals surface area contributed by atoms with Crippen molar-refractivity contribution in [1.82, 2.24) is 0 Å². The monoisotopic (exact) mass is 225 g/mol. The molecule has 0 amide bonds. The normalized spacial score (nSPS) is 10.8. The smallest absolute Gasteiger partial charge is 0.200 e. The number of hydrogen-bond acceptors (Lipinski definition) is 1. The van der Waals surface area contributed by atoms with Gasteiger partial charge in [0.15, 0.2) is 23.3 Å². The number of rotatable bonds is 3. The molecule has 1 radical (unpaired) electrons. The predicted octanol–water partition coefficient (Wildman–Crippen LogP) is 2.73. The SMILES string of the molecule is [CH2]COCc1c(F)c(F)c(F)c(F)c1F. The van der Waals surface area contributed by atoms with Gasteiger partial charge in [0.2, 0.25) is 5.82 Å². The van der Waals surface area contributed by atoms with Gasteiger partial charge < -0.3 is 4.74 Å². The molecule has 1 rings (SSSR count). The lowest BCUT2D eigenvalue weighted by Crippen LogP contribution is -2.08. The molecule has 83 valence electrons. The number of benzene rings is 1. The molecule has 0 fully saturated rings. The summed E-state index contributed by atoms with van der Waals surface area (Å²) >= 11 is 0. The highest BCUT2D eigenvalue weighted by Crippen LogP contribution is 2.23. The van der Waals surface area contributed by atoms with E-state index >= 15 is 0 Å². The molecule has 0 spiro atoms. The van der Waals surface area contributed by atoms with Crippen molar-refractivity contribution in [2.24, 2.45) is 0 Å². The lowest BCUT2D eigenvalue weighted by atomic mass is 10.2. The topological polar surface area (TPSA) is 9.23 Å². The summed E-state index contributed by atoms with van der Waals surface area (Å²) in [5.74, 6) is -9.88.